The number of phenolic OH excluding ortho intramolecular Hbond substituents is 1. The fourth-order valence-corrected chi connectivity index (χ4v) is 3.16. The van der Waals surface area contributed by atoms with Gasteiger partial charge in [-0.1, -0.05) is 23.7 Å². The Kier molecular flexibility index (Phi) is 5.90. The largest absolute Gasteiger partial charge is 0.506 e. The Morgan fingerprint density at radius 1 is 1.29 bits per heavy atom. The quantitative estimate of drug-likeness (QED) is 0.618. The molecule has 0 saturated heterocycles. The Morgan fingerprint density at radius 2 is 2.07 bits per heavy atom. The fourth-order valence-electron chi connectivity index (χ4n) is 3.00. The van der Waals surface area contributed by atoms with Crippen LogP contribution in [0.2, 0.25) is 5.02 Å². The summed E-state index contributed by atoms with van der Waals surface area (Å²) in [7, 11) is 1.60. The summed E-state index contributed by atoms with van der Waals surface area (Å²) in [6, 6.07) is 10.4. The second-order valence-corrected chi connectivity index (χ2v) is 6.83. The van der Waals surface area contributed by atoms with Gasteiger partial charge in [-0.15, -0.1) is 0 Å². The van der Waals surface area contributed by atoms with E-state index in [0.29, 0.717) is 23.9 Å². The van der Waals surface area contributed by atoms with Crippen molar-refractivity contribution in [3.63, 3.8) is 0 Å². The lowest BCUT2D eigenvalue weighted by Gasteiger charge is -2.10. The lowest BCUT2D eigenvalue weighted by molar-refractivity contribution is -0.120. The summed E-state index contributed by atoms with van der Waals surface area (Å²) >= 11 is 5.95. The lowest BCUT2D eigenvalue weighted by Crippen LogP contribution is -2.29. The predicted molar refractivity (Wildman–Crippen MR) is 107 cm³/mol. The second kappa shape index (κ2) is 8.35. The zero-order chi connectivity index (χ0) is 20.3. The zero-order valence-corrected chi connectivity index (χ0v) is 16.3. The summed E-state index contributed by atoms with van der Waals surface area (Å²) < 4.78 is 10.4. The van der Waals surface area contributed by atoms with Crippen LogP contribution in [0.25, 0.3) is 11.0 Å². The van der Waals surface area contributed by atoms with Gasteiger partial charge in [0, 0.05) is 18.0 Å². The van der Waals surface area contributed by atoms with E-state index in [-0.39, 0.29) is 34.2 Å². The minimum Gasteiger partial charge on any atom is -0.506 e. The molecule has 3 aromatic rings. The molecule has 6 nitrogen and oxygen atoms in total. The first-order valence-electron chi connectivity index (χ1n) is 8.73. The van der Waals surface area contributed by atoms with Gasteiger partial charge >= 0.3 is 5.63 Å². The van der Waals surface area contributed by atoms with Gasteiger partial charge in [-0.3, -0.25) is 4.79 Å². The standard InChI is InChI=1S/C21H20ClNO5/c1-12-15-9-17(22)18(24)11-19(15)28-21(26)16(12)10-20(25)23-7-6-13-4-3-5-14(8-13)27-2/h3-5,8-9,11,24H,6-7,10H2,1-2H3,(H,23,25). The molecule has 3 rings (SSSR count). The average Bonchev–Trinajstić information content (AvgIpc) is 2.67. The maximum atomic E-state index is 12.3. The van der Waals surface area contributed by atoms with Gasteiger partial charge in [0.15, 0.2) is 0 Å². The summed E-state index contributed by atoms with van der Waals surface area (Å²) in [5, 5.41) is 13.2. The SMILES string of the molecule is COc1cccc(CCNC(=O)Cc2c(C)c3cc(Cl)c(O)cc3oc2=O)c1. The molecule has 7 heteroatoms. The molecule has 2 aromatic carbocycles. The van der Waals surface area contributed by atoms with Crippen molar-refractivity contribution < 1.29 is 19.1 Å². The summed E-state index contributed by atoms with van der Waals surface area (Å²) in [6.07, 6.45) is 0.545. The van der Waals surface area contributed by atoms with Gasteiger partial charge < -0.3 is 19.6 Å². The van der Waals surface area contributed by atoms with Crippen molar-refractivity contribution in [3.8, 4) is 11.5 Å². The molecule has 0 radical (unpaired) electrons. The molecule has 0 aliphatic rings. The number of methoxy groups -OCH3 is 1. The molecule has 0 aliphatic heterocycles. The maximum Gasteiger partial charge on any atom is 0.340 e. The van der Waals surface area contributed by atoms with E-state index in [2.05, 4.69) is 5.32 Å². The Bertz CT molecular complexity index is 1090. The highest BCUT2D eigenvalue weighted by atomic mass is 35.5. The molecule has 0 atom stereocenters. The van der Waals surface area contributed by atoms with Gasteiger partial charge in [0.2, 0.25) is 5.91 Å². The second-order valence-electron chi connectivity index (χ2n) is 6.42. The molecule has 146 valence electrons. The monoisotopic (exact) mass is 401 g/mol. The van der Waals surface area contributed by atoms with Crippen molar-refractivity contribution in [2.75, 3.05) is 13.7 Å². The van der Waals surface area contributed by atoms with Crippen LogP contribution in [-0.2, 0) is 17.6 Å². The van der Waals surface area contributed by atoms with Gasteiger partial charge in [-0.05, 0) is 42.7 Å². The molecule has 0 bridgehead atoms. The topological polar surface area (TPSA) is 88.8 Å². The minimum absolute atomic E-state index is 0.0965. The van der Waals surface area contributed by atoms with Gasteiger partial charge in [0.25, 0.3) is 0 Å². The van der Waals surface area contributed by atoms with Crippen molar-refractivity contribution in [1.82, 2.24) is 5.32 Å². The van der Waals surface area contributed by atoms with Gasteiger partial charge in [-0.2, -0.15) is 0 Å². The molecule has 1 heterocycles. The van der Waals surface area contributed by atoms with Crippen LogP contribution < -0.4 is 15.7 Å². The van der Waals surface area contributed by atoms with E-state index in [4.69, 9.17) is 20.8 Å². The number of fused-ring (bicyclic) bond motifs is 1. The van der Waals surface area contributed by atoms with Gasteiger partial charge in [0.05, 0.1) is 24.1 Å². The van der Waals surface area contributed by atoms with Crippen molar-refractivity contribution >= 4 is 28.5 Å². The lowest BCUT2D eigenvalue weighted by atomic mass is 10.0. The molecular weight excluding hydrogens is 382 g/mol. The molecule has 0 fully saturated rings. The molecule has 2 N–H and O–H groups in total. The Balaban J connectivity index is 1.70. The number of amides is 1. The van der Waals surface area contributed by atoms with E-state index < -0.39 is 5.63 Å². The minimum atomic E-state index is -0.602. The number of aryl methyl sites for hydroxylation is 1. The highest BCUT2D eigenvalue weighted by Gasteiger charge is 2.16. The number of hydrogen-bond acceptors (Lipinski definition) is 5. The van der Waals surface area contributed by atoms with E-state index in [0.717, 1.165) is 11.3 Å². The normalized spacial score (nSPS) is 10.8. The van der Waals surface area contributed by atoms with Crippen molar-refractivity contribution in [1.29, 1.82) is 0 Å². The summed E-state index contributed by atoms with van der Waals surface area (Å²) in [5.74, 6) is 0.320. The summed E-state index contributed by atoms with van der Waals surface area (Å²) in [4.78, 5) is 24.6. The predicted octanol–water partition coefficient (Wildman–Crippen LogP) is 3.37. The third-order valence-corrected chi connectivity index (χ3v) is 4.86. The molecule has 0 saturated carbocycles. The van der Waals surface area contributed by atoms with E-state index >= 15 is 0 Å². The smallest absolute Gasteiger partial charge is 0.340 e. The Labute approximate surface area is 166 Å². The van der Waals surface area contributed by atoms with Crippen LogP contribution >= 0.6 is 11.6 Å². The number of hydrogen-bond donors (Lipinski definition) is 2. The molecule has 0 spiro atoms. The average molecular weight is 402 g/mol. The van der Waals surface area contributed by atoms with Gasteiger partial charge in [-0.25, -0.2) is 4.79 Å². The van der Waals surface area contributed by atoms with Crippen molar-refractivity contribution in [2.45, 2.75) is 19.8 Å². The molecule has 0 aliphatic carbocycles. The first kappa shape index (κ1) is 19.8. The van der Waals surface area contributed by atoms with Crippen LogP contribution in [0.5, 0.6) is 11.5 Å². The zero-order valence-electron chi connectivity index (χ0n) is 15.5. The Morgan fingerprint density at radius 3 is 2.82 bits per heavy atom. The van der Waals surface area contributed by atoms with E-state index in [9.17, 15) is 14.7 Å². The third-order valence-electron chi connectivity index (χ3n) is 4.56. The number of aromatic hydroxyl groups is 1. The number of phenols is 1. The molecule has 28 heavy (non-hydrogen) atoms. The fraction of sp³-hybridized carbons (Fsp3) is 0.238. The van der Waals surface area contributed by atoms with Crippen LogP contribution in [0.4, 0.5) is 0 Å². The van der Waals surface area contributed by atoms with E-state index in [1.165, 1.54) is 12.1 Å². The number of benzene rings is 2. The summed E-state index contributed by atoms with van der Waals surface area (Å²) in [6.45, 7) is 2.16. The van der Waals surface area contributed by atoms with Crippen LogP contribution in [-0.4, -0.2) is 24.7 Å². The first-order chi connectivity index (χ1) is 13.4. The summed E-state index contributed by atoms with van der Waals surface area (Å²) in [5.41, 5.74) is 1.54. The highest BCUT2D eigenvalue weighted by molar-refractivity contribution is 6.32. The Hall–Kier alpha value is -2.99. The van der Waals surface area contributed by atoms with Crippen LogP contribution in [0.1, 0.15) is 16.7 Å². The third kappa shape index (κ3) is 4.28. The molecule has 1 aromatic heterocycles. The van der Waals surface area contributed by atoms with Crippen LogP contribution in [0.3, 0.4) is 0 Å². The number of rotatable bonds is 6. The molecule has 1 amide bonds. The maximum absolute atomic E-state index is 12.3. The van der Waals surface area contributed by atoms with Crippen molar-refractivity contribution in [2.24, 2.45) is 0 Å². The first-order valence-corrected chi connectivity index (χ1v) is 9.11. The number of carbonyl (C=O) groups excluding carboxylic acids is 1. The van der Waals surface area contributed by atoms with E-state index in [1.807, 2.05) is 24.3 Å². The number of halogens is 1. The van der Waals surface area contributed by atoms with Crippen LogP contribution in [0, 0.1) is 6.92 Å². The van der Waals surface area contributed by atoms with Gasteiger partial charge in [0.1, 0.15) is 17.1 Å². The highest BCUT2D eigenvalue weighted by Crippen LogP contribution is 2.30. The number of ether oxygens (including phenoxy) is 1. The molecule has 0 unspecified atom stereocenters. The van der Waals surface area contributed by atoms with Crippen molar-refractivity contribution in [3.05, 3.63) is 68.5 Å². The molecular formula is C21H20ClNO5. The number of carbonyl (C=O) groups is 1. The van der Waals surface area contributed by atoms with E-state index in [1.54, 1.807) is 14.0 Å². The van der Waals surface area contributed by atoms with Crippen LogP contribution in [0.15, 0.2) is 45.6 Å². The number of nitrogens with one attached hydrogen (secondary N) is 1.